The molecule has 2 atom stereocenters. The maximum absolute atomic E-state index is 13.7. The SMILES string of the molecule is CC(NC(=O)C1CCCN1)c1cccc(NC(=O)Cc2ccccc2F)c1. The second kappa shape index (κ2) is 8.77. The second-order valence-electron chi connectivity index (χ2n) is 6.82. The lowest BCUT2D eigenvalue weighted by Gasteiger charge is -2.18. The largest absolute Gasteiger partial charge is 0.348 e. The zero-order valence-corrected chi connectivity index (χ0v) is 15.3. The van der Waals surface area contributed by atoms with Crippen LogP contribution in [-0.4, -0.2) is 24.4 Å². The highest BCUT2D eigenvalue weighted by molar-refractivity contribution is 5.92. The summed E-state index contributed by atoms with van der Waals surface area (Å²) in [6.07, 6.45) is 1.83. The molecule has 2 aromatic rings. The van der Waals surface area contributed by atoms with Crippen molar-refractivity contribution >= 4 is 17.5 Å². The van der Waals surface area contributed by atoms with Crippen LogP contribution in [-0.2, 0) is 16.0 Å². The van der Waals surface area contributed by atoms with E-state index in [1.807, 2.05) is 25.1 Å². The van der Waals surface area contributed by atoms with E-state index in [9.17, 15) is 14.0 Å². The standard InChI is InChI=1S/C21H24FN3O2/c1-14(24-21(27)19-10-5-11-23-19)15-7-4-8-17(12-15)25-20(26)13-16-6-2-3-9-18(16)22/h2-4,6-9,12,14,19,23H,5,10-11,13H2,1H3,(H,24,27)(H,25,26). The normalized spacial score (nSPS) is 17.3. The molecule has 5 nitrogen and oxygen atoms in total. The number of halogens is 1. The lowest BCUT2D eigenvalue weighted by atomic mass is 10.1. The van der Waals surface area contributed by atoms with Crippen molar-refractivity contribution in [2.24, 2.45) is 0 Å². The molecule has 0 aliphatic carbocycles. The molecular weight excluding hydrogens is 345 g/mol. The first-order valence-corrected chi connectivity index (χ1v) is 9.20. The van der Waals surface area contributed by atoms with Crippen LogP contribution in [0.1, 0.15) is 36.9 Å². The Hall–Kier alpha value is -2.73. The van der Waals surface area contributed by atoms with E-state index in [4.69, 9.17) is 0 Å². The van der Waals surface area contributed by atoms with Crippen molar-refractivity contribution in [2.75, 3.05) is 11.9 Å². The van der Waals surface area contributed by atoms with E-state index in [0.717, 1.165) is 24.9 Å². The second-order valence-corrected chi connectivity index (χ2v) is 6.82. The summed E-state index contributed by atoms with van der Waals surface area (Å²) in [6, 6.07) is 13.3. The number of anilines is 1. The van der Waals surface area contributed by atoms with Gasteiger partial charge in [0.15, 0.2) is 0 Å². The number of amides is 2. The highest BCUT2D eigenvalue weighted by Crippen LogP contribution is 2.19. The van der Waals surface area contributed by atoms with Gasteiger partial charge in [-0.15, -0.1) is 0 Å². The molecule has 0 aromatic heterocycles. The van der Waals surface area contributed by atoms with Crippen LogP contribution in [0, 0.1) is 5.82 Å². The van der Waals surface area contributed by atoms with E-state index in [1.165, 1.54) is 6.07 Å². The van der Waals surface area contributed by atoms with Crippen molar-refractivity contribution in [3.05, 3.63) is 65.5 Å². The highest BCUT2D eigenvalue weighted by atomic mass is 19.1. The monoisotopic (exact) mass is 369 g/mol. The van der Waals surface area contributed by atoms with Crippen molar-refractivity contribution in [1.29, 1.82) is 0 Å². The third-order valence-corrected chi connectivity index (χ3v) is 4.71. The molecule has 0 radical (unpaired) electrons. The van der Waals surface area contributed by atoms with Gasteiger partial charge in [0.1, 0.15) is 5.82 Å². The topological polar surface area (TPSA) is 70.2 Å². The number of carbonyl (C=O) groups is 2. The van der Waals surface area contributed by atoms with Gasteiger partial charge in [-0.2, -0.15) is 0 Å². The van der Waals surface area contributed by atoms with Crippen LogP contribution in [0.5, 0.6) is 0 Å². The van der Waals surface area contributed by atoms with Gasteiger partial charge in [0.2, 0.25) is 11.8 Å². The molecule has 0 bridgehead atoms. The summed E-state index contributed by atoms with van der Waals surface area (Å²) in [7, 11) is 0. The summed E-state index contributed by atoms with van der Waals surface area (Å²) >= 11 is 0. The predicted octanol–water partition coefficient (Wildman–Crippen LogP) is 2.94. The number of hydrogen-bond donors (Lipinski definition) is 3. The van der Waals surface area contributed by atoms with Gasteiger partial charge in [-0.3, -0.25) is 9.59 Å². The number of rotatable bonds is 6. The fraction of sp³-hybridized carbons (Fsp3) is 0.333. The molecule has 2 unspecified atom stereocenters. The van der Waals surface area contributed by atoms with Crippen LogP contribution in [0.25, 0.3) is 0 Å². The van der Waals surface area contributed by atoms with Gasteiger partial charge in [0.25, 0.3) is 0 Å². The first-order chi connectivity index (χ1) is 13.0. The molecule has 1 heterocycles. The molecule has 0 saturated carbocycles. The van der Waals surface area contributed by atoms with Gasteiger partial charge in [0.05, 0.1) is 18.5 Å². The molecule has 27 heavy (non-hydrogen) atoms. The summed E-state index contributed by atoms with van der Waals surface area (Å²) in [5.41, 5.74) is 1.87. The summed E-state index contributed by atoms with van der Waals surface area (Å²) in [5, 5.41) is 8.97. The molecule has 2 amide bonds. The van der Waals surface area contributed by atoms with Crippen molar-refractivity contribution in [3.63, 3.8) is 0 Å². The molecule has 2 aromatic carbocycles. The summed E-state index contributed by atoms with van der Waals surface area (Å²) in [5.74, 6) is -0.684. The lowest BCUT2D eigenvalue weighted by Crippen LogP contribution is -2.41. The maximum atomic E-state index is 13.7. The van der Waals surface area contributed by atoms with Gasteiger partial charge >= 0.3 is 0 Å². The molecule has 6 heteroatoms. The molecule has 1 aliphatic rings. The van der Waals surface area contributed by atoms with Crippen LogP contribution >= 0.6 is 0 Å². The van der Waals surface area contributed by atoms with Crippen LogP contribution in [0.15, 0.2) is 48.5 Å². The maximum Gasteiger partial charge on any atom is 0.237 e. The van der Waals surface area contributed by atoms with Gasteiger partial charge < -0.3 is 16.0 Å². The Morgan fingerprint density at radius 1 is 1.22 bits per heavy atom. The van der Waals surface area contributed by atoms with Crippen molar-refractivity contribution < 1.29 is 14.0 Å². The average Bonchev–Trinajstić information content (AvgIpc) is 3.18. The van der Waals surface area contributed by atoms with Crippen molar-refractivity contribution in [3.8, 4) is 0 Å². The van der Waals surface area contributed by atoms with E-state index >= 15 is 0 Å². The van der Waals surface area contributed by atoms with Gasteiger partial charge in [-0.1, -0.05) is 30.3 Å². The van der Waals surface area contributed by atoms with E-state index in [2.05, 4.69) is 16.0 Å². The number of nitrogens with one attached hydrogen (secondary N) is 3. The van der Waals surface area contributed by atoms with Crippen molar-refractivity contribution in [1.82, 2.24) is 10.6 Å². The summed E-state index contributed by atoms with van der Waals surface area (Å²) < 4.78 is 13.7. The van der Waals surface area contributed by atoms with Crippen LogP contribution in [0.3, 0.4) is 0 Å². The fourth-order valence-corrected chi connectivity index (χ4v) is 3.21. The zero-order valence-electron chi connectivity index (χ0n) is 15.3. The van der Waals surface area contributed by atoms with E-state index in [0.29, 0.717) is 11.3 Å². The molecule has 142 valence electrons. The molecule has 3 N–H and O–H groups in total. The van der Waals surface area contributed by atoms with Crippen molar-refractivity contribution in [2.45, 2.75) is 38.3 Å². The molecule has 3 rings (SSSR count). The smallest absolute Gasteiger partial charge is 0.237 e. The van der Waals surface area contributed by atoms with E-state index in [1.54, 1.807) is 24.3 Å². The van der Waals surface area contributed by atoms with Gasteiger partial charge in [-0.25, -0.2) is 4.39 Å². The fourth-order valence-electron chi connectivity index (χ4n) is 3.21. The minimum atomic E-state index is -0.391. The third kappa shape index (κ3) is 5.14. The molecule has 1 fully saturated rings. The number of carbonyl (C=O) groups excluding carboxylic acids is 2. The summed E-state index contributed by atoms with van der Waals surface area (Å²) in [4.78, 5) is 24.5. The first kappa shape index (κ1) is 19.0. The Morgan fingerprint density at radius 3 is 2.78 bits per heavy atom. The van der Waals surface area contributed by atoms with Crippen LogP contribution < -0.4 is 16.0 Å². The number of hydrogen-bond acceptors (Lipinski definition) is 3. The van der Waals surface area contributed by atoms with Gasteiger partial charge in [-0.05, 0) is 55.6 Å². The Kier molecular flexibility index (Phi) is 6.19. The highest BCUT2D eigenvalue weighted by Gasteiger charge is 2.23. The van der Waals surface area contributed by atoms with E-state index < -0.39 is 5.82 Å². The van der Waals surface area contributed by atoms with Crippen LogP contribution in [0.2, 0.25) is 0 Å². The first-order valence-electron chi connectivity index (χ1n) is 9.20. The predicted molar refractivity (Wildman–Crippen MR) is 103 cm³/mol. The van der Waals surface area contributed by atoms with Gasteiger partial charge in [0, 0.05) is 5.69 Å². The van der Waals surface area contributed by atoms with E-state index in [-0.39, 0.29) is 30.3 Å². The molecular formula is C21H24FN3O2. The Bertz CT molecular complexity index is 819. The summed E-state index contributed by atoms with van der Waals surface area (Å²) in [6.45, 7) is 2.78. The third-order valence-electron chi connectivity index (χ3n) is 4.71. The number of benzene rings is 2. The Balaban J connectivity index is 1.60. The molecule has 1 saturated heterocycles. The minimum absolute atomic E-state index is 0.00556. The lowest BCUT2D eigenvalue weighted by molar-refractivity contribution is -0.123. The Morgan fingerprint density at radius 2 is 2.04 bits per heavy atom. The average molecular weight is 369 g/mol. The van der Waals surface area contributed by atoms with Crippen LogP contribution in [0.4, 0.5) is 10.1 Å². The molecule has 0 spiro atoms. The minimum Gasteiger partial charge on any atom is -0.348 e. The Labute approximate surface area is 158 Å². The quantitative estimate of drug-likeness (QED) is 0.733. The molecule has 1 aliphatic heterocycles. The zero-order chi connectivity index (χ0) is 19.2.